The molecule has 0 unspecified atom stereocenters. The summed E-state index contributed by atoms with van der Waals surface area (Å²) < 4.78 is 0. The Labute approximate surface area is 138 Å². The minimum absolute atomic E-state index is 0.142. The summed E-state index contributed by atoms with van der Waals surface area (Å²) in [5.74, 6) is -0.273. The van der Waals surface area contributed by atoms with Crippen molar-refractivity contribution in [2.45, 2.75) is 13.5 Å². The zero-order valence-electron chi connectivity index (χ0n) is 12.0. The number of halogens is 2. The van der Waals surface area contributed by atoms with E-state index in [9.17, 15) is 9.90 Å². The zero-order chi connectivity index (χ0) is 16.1. The molecule has 0 aliphatic rings. The van der Waals surface area contributed by atoms with Gasteiger partial charge in [0.15, 0.2) is 0 Å². The number of hydrogen-bond acceptors (Lipinski definition) is 4. The number of rotatable bonds is 5. The molecular formula is C15H15Cl2N3O2. The van der Waals surface area contributed by atoms with Crippen molar-refractivity contribution in [1.82, 2.24) is 14.9 Å². The molecule has 0 saturated heterocycles. The number of nitrogens with zero attached hydrogens (tertiary/aromatic N) is 3. The van der Waals surface area contributed by atoms with E-state index in [1.165, 1.54) is 11.2 Å². The average molecular weight is 340 g/mol. The second-order valence-electron chi connectivity index (χ2n) is 4.74. The van der Waals surface area contributed by atoms with Crippen LogP contribution in [0.15, 0.2) is 30.6 Å². The van der Waals surface area contributed by atoms with Crippen LogP contribution in [-0.4, -0.2) is 39.0 Å². The van der Waals surface area contributed by atoms with Gasteiger partial charge in [-0.1, -0.05) is 29.3 Å². The number of aliphatic hydroxyl groups is 1. The van der Waals surface area contributed by atoms with Crippen molar-refractivity contribution in [3.05, 3.63) is 57.6 Å². The number of aromatic nitrogens is 2. The van der Waals surface area contributed by atoms with Gasteiger partial charge in [0.1, 0.15) is 12.0 Å². The fourth-order valence-electron chi connectivity index (χ4n) is 1.96. The van der Waals surface area contributed by atoms with Crippen LogP contribution in [0.5, 0.6) is 0 Å². The molecule has 0 saturated carbocycles. The fourth-order valence-corrected chi connectivity index (χ4v) is 2.29. The summed E-state index contributed by atoms with van der Waals surface area (Å²) in [6.45, 7) is 2.15. The van der Waals surface area contributed by atoms with E-state index >= 15 is 0 Å². The molecule has 1 heterocycles. The van der Waals surface area contributed by atoms with Gasteiger partial charge in [-0.05, 0) is 30.7 Å². The Kier molecular flexibility index (Phi) is 5.71. The van der Waals surface area contributed by atoms with Crippen LogP contribution in [0.2, 0.25) is 10.0 Å². The monoisotopic (exact) mass is 339 g/mol. The van der Waals surface area contributed by atoms with Crippen molar-refractivity contribution in [2.75, 3.05) is 13.2 Å². The van der Waals surface area contributed by atoms with Crippen LogP contribution in [0.1, 0.15) is 21.7 Å². The third kappa shape index (κ3) is 4.16. The molecular weight excluding hydrogens is 325 g/mol. The second-order valence-corrected chi connectivity index (χ2v) is 5.56. The highest BCUT2D eigenvalue weighted by atomic mass is 35.5. The summed E-state index contributed by atoms with van der Waals surface area (Å²) in [7, 11) is 0. The molecule has 1 N–H and O–H groups in total. The number of aliphatic hydroxyl groups excluding tert-OH is 1. The van der Waals surface area contributed by atoms with Crippen molar-refractivity contribution >= 4 is 29.1 Å². The van der Waals surface area contributed by atoms with Gasteiger partial charge < -0.3 is 10.0 Å². The molecule has 22 heavy (non-hydrogen) atoms. The van der Waals surface area contributed by atoms with Crippen molar-refractivity contribution in [3.8, 4) is 0 Å². The third-order valence-electron chi connectivity index (χ3n) is 3.04. The van der Waals surface area contributed by atoms with Crippen LogP contribution in [0.3, 0.4) is 0 Å². The highest BCUT2D eigenvalue weighted by Gasteiger charge is 2.17. The Hall–Kier alpha value is -1.69. The maximum atomic E-state index is 12.5. The van der Waals surface area contributed by atoms with E-state index in [1.54, 1.807) is 31.2 Å². The number of hydrogen-bond donors (Lipinski definition) is 1. The minimum Gasteiger partial charge on any atom is -0.395 e. The normalized spacial score (nSPS) is 10.5. The van der Waals surface area contributed by atoms with E-state index in [-0.39, 0.29) is 19.1 Å². The van der Waals surface area contributed by atoms with Gasteiger partial charge in [-0.25, -0.2) is 9.97 Å². The summed E-state index contributed by atoms with van der Waals surface area (Å²) in [6, 6.07) is 6.78. The number of benzene rings is 1. The molecule has 116 valence electrons. The smallest absolute Gasteiger partial charge is 0.272 e. The molecule has 2 aromatic rings. The fraction of sp³-hybridized carbons (Fsp3) is 0.267. The summed E-state index contributed by atoms with van der Waals surface area (Å²) in [6.07, 6.45) is 1.35. The second kappa shape index (κ2) is 7.54. The summed E-state index contributed by atoms with van der Waals surface area (Å²) in [5.41, 5.74) is 1.82. The highest BCUT2D eigenvalue weighted by molar-refractivity contribution is 6.42. The Morgan fingerprint density at radius 3 is 2.64 bits per heavy atom. The summed E-state index contributed by atoms with van der Waals surface area (Å²) >= 11 is 11.9. The lowest BCUT2D eigenvalue weighted by Crippen LogP contribution is -2.33. The SMILES string of the molecule is Cc1cc(C(=O)N(CCO)Cc2ccc(Cl)c(Cl)c2)ncn1. The Morgan fingerprint density at radius 1 is 1.23 bits per heavy atom. The van der Waals surface area contributed by atoms with E-state index in [0.29, 0.717) is 28.0 Å². The highest BCUT2D eigenvalue weighted by Crippen LogP contribution is 2.23. The molecule has 0 aliphatic heterocycles. The van der Waals surface area contributed by atoms with E-state index in [0.717, 1.165) is 5.56 Å². The summed E-state index contributed by atoms with van der Waals surface area (Å²) in [4.78, 5) is 22.0. The zero-order valence-corrected chi connectivity index (χ0v) is 13.5. The van der Waals surface area contributed by atoms with Crippen LogP contribution in [0.4, 0.5) is 0 Å². The van der Waals surface area contributed by atoms with Crippen LogP contribution in [0.25, 0.3) is 0 Å². The topological polar surface area (TPSA) is 66.3 Å². The largest absolute Gasteiger partial charge is 0.395 e. The predicted molar refractivity (Wildman–Crippen MR) is 85.1 cm³/mol. The van der Waals surface area contributed by atoms with Crippen molar-refractivity contribution in [1.29, 1.82) is 0 Å². The molecule has 0 aliphatic carbocycles. The first-order chi connectivity index (χ1) is 10.5. The molecule has 0 fully saturated rings. The standard InChI is InChI=1S/C15H15Cl2N3O2/c1-10-6-14(19-9-18-10)15(22)20(4-5-21)8-11-2-3-12(16)13(17)7-11/h2-3,6-7,9,21H,4-5,8H2,1H3. The summed E-state index contributed by atoms with van der Waals surface area (Å²) in [5, 5.41) is 10.1. The molecule has 0 radical (unpaired) electrons. The molecule has 0 spiro atoms. The van der Waals surface area contributed by atoms with Gasteiger partial charge in [0, 0.05) is 18.8 Å². The first-order valence-corrected chi connectivity index (χ1v) is 7.39. The molecule has 1 aromatic heterocycles. The minimum atomic E-state index is -0.273. The predicted octanol–water partition coefficient (Wildman–Crippen LogP) is 2.73. The van der Waals surface area contributed by atoms with Gasteiger partial charge in [0.2, 0.25) is 0 Å². The first-order valence-electron chi connectivity index (χ1n) is 6.64. The molecule has 0 atom stereocenters. The van der Waals surface area contributed by atoms with Gasteiger partial charge in [-0.3, -0.25) is 4.79 Å². The Bertz CT molecular complexity index is 680. The first kappa shape index (κ1) is 16.7. The maximum absolute atomic E-state index is 12.5. The van der Waals surface area contributed by atoms with E-state index < -0.39 is 0 Å². The maximum Gasteiger partial charge on any atom is 0.272 e. The Balaban J connectivity index is 2.22. The number of aryl methyl sites for hydroxylation is 1. The van der Waals surface area contributed by atoms with Gasteiger partial charge in [-0.15, -0.1) is 0 Å². The van der Waals surface area contributed by atoms with E-state index in [4.69, 9.17) is 23.2 Å². The van der Waals surface area contributed by atoms with E-state index in [1.807, 2.05) is 0 Å². The number of carbonyl (C=O) groups is 1. The number of carbonyl (C=O) groups excluding carboxylic acids is 1. The average Bonchev–Trinajstić information content (AvgIpc) is 2.50. The lowest BCUT2D eigenvalue weighted by Gasteiger charge is -2.21. The molecule has 1 amide bonds. The van der Waals surface area contributed by atoms with Crippen LogP contribution in [0, 0.1) is 6.92 Å². The molecule has 1 aromatic carbocycles. The van der Waals surface area contributed by atoms with Crippen LogP contribution < -0.4 is 0 Å². The molecule has 2 rings (SSSR count). The van der Waals surface area contributed by atoms with E-state index in [2.05, 4.69) is 9.97 Å². The quantitative estimate of drug-likeness (QED) is 0.909. The van der Waals surface area contributed by atoms with Gasteiger partial charge >= 0.3 is 0 Å². The van der Waals surface area contributed by atoms with Crippen molar-refractivity contribution < 1.29 is 9.90 Å². The Morgan fingerprint density at radius 2 is 2.00 bits per heavy atom. The van der Waals surface area contributed by atoms with Gasteiger partial charge in [0.05, 0.1) is 16.7 Å². The third-order valence-corrected chi connectivity index (χ3v) is 3.78. The lowest BCUT2D eigenvalue weighted by atomic mass is 10.2. The lowest BCUT2D eigenvalue weighted by molar-refractivity contribution is 0.0701. The van der Waals surface area contributed by atoms with Crippen LogP contribution >= 0.6 is 23.2 Å². The molecule has 5 nitrogen and oxygen atoms in total. The van der Waals surface area contributed by atoms with Crippen molar-refractivity contribution in [3.63, 3.8) is 0 Å². The van der Waals surface area contributed by atoms with Crippen molar-refractivity contribution in [2.24, 2.45) is 0 Å². The molecule has 0 bridgehead atoms. The van der Waals surface area contributed by atoms with Gasteiger partial charge in [0.25, 0.3) is 5.91 Å². The van der Waals surface area contributed by atoms with Gasteiger partial charge in [-0.2, -0.15) is 0 Å². The van der Waals surface area contributed by atoms with Crippen LogP contribution in [-0.2, 0) is 6.54 Å². The number of amides is 1. The molecule has 7 heteroatoms.